The number of nitrogens with zero attached hydrogens (tertiary/aromatic N) is 1. The molecule has 2 rings (SSSR count). The lowest BCUT2D eigenvalue weighted by molar-refractivity contribution is 0.194. The molecule has 0 radical (unpaired) electrons. The predicted molar refractivity (Wildman–Crippen MR) is 69.2 cm³/mol. The zero-order valence-corrected chi connectivity index (χ0v) is 10.9. The number of carbonyl (C=O) groups is 1. The van der Waals surface area contributed by atoms with E-state index in [0.29, 0.717) is 11.1 Å². The molecule has 1 fully saturated rings. The minimum absolute atomic E-state index is 0.00468. The number of halogens is 1. The van der Waals surface area contributed by atoms with Gasteiger partial charge in [0.25, 0.3) is 0 Å². The average molecular weight is 253 g/mol. The van der Waals surface area contributed by atoms with Gasteiger partial charge >= 0.3 is 6.03 Å². The number of hydrogen-bond donors (Lipinski definition) is 1. The summed E-state index contributed by atoms with van der Waals surface area (Å²) in [4.78, 5) is 13.6. The number of nitrogens with one attached hydrogen (secondary N) is 1. The fourth-order valence-electron chi connectivity index (χ4n) is 1.64. The second-order valence-electron chi connectivity index (χ2n) is 4.56. The van der Waals surface area contributed by atoms with Gasteiger partial charge in [-0.05, 0) is 37.5 Å². The topological polar surface area (TPSA) is 32.3 Å². The molecule has 92 valence electrons. The molecule has 1 aromatic carbocycles. The molecule has 0 aliphatic heterocycles. The molecule has 4 heteroatoms. The Morgan fingerprint density at radius 3 is 2.53 bits per heavy atom. The fraction of sp³-hybridized carbons (Fsp3) is 0.462. The summed E-state index contributed by atoms with van der Waals surface area (Å²) in [6, 6.07) is 8.03. The highest BCUT2D eigenvalue weighted by Crippen LogP contribution is 2.23. The summed E-state index contributed by atoms with van der Waals surface area (Å²) >= 11 is 5.84. The van der Waals surface area contributed by atoms with Gasteiger partial charge < -0.3 is 10.2 Å². The molecule has 1 unspecified atom stereocenters. The van der Waals surface area contributed by atoms with Crippen LogP contribution in [0.4, 0.5) is 4.79 Å². The molecule has 2 amide bonds. The molecule has 0 saturated heterocycles. The minimum atomic E-state index is -0.00468. The second kappa shape index (κ2) is 4.96. The van der Waals surface area contributed by atoms with E-state index >= 15 is 0 Å². The van der Waals surface area contributed by atoms with Crippen LogP contribution in [0.2, 0.25) is 5.02 Å². The predicted octanol–water partition coefficient (Wildman–Crippen LogP) is 3.20. The molecule has 1 aliphatic carbocycles. The van der Waals surface area contributed by atoms with E-state index in [1.807, 2.05) is 38.2 Å². The molecule has 1 N–H and O–H groups in total. The van der Waals surface area contributed by atoms with E-state index in [-0.39, 0.29) is 12.1 Å². The summed E-state index contributed by atoms with van der Waals surface area (Å²) in [6.45, 7) is 2.01. The summed E-state index contributed by atoms with van der Waals surface area (Å²) in [5.74, 6) is 0. The van der Waals surface area contributed by atoms with Crippen molar-refractivity contribution in [3.63, 3.8) is 0 Å². The second-order valence-corrected chi connectivity index (χ2v) is 5.00. The molecule has 1 atom stereocenters. The van der Waals surface area contributed by atoms with E-state index in [9.17, 15) is 4.79 Å². The first-order valence-corrected chi connectivity index (χ1v) is 6.24. The Kier molecular flexibility index (Phi) is 3.57. The summed E-state index contributed by atoms with van der Waals surface area (Å²) in [6.07, 6.45) is 2.21. The van der Waals surface area contributed by atoms with E-state index < -0.39 is 0 Å². The molecule has 1 aromatic rings. The van der Waals surface area contributed by atoms with Gasteiger partial charge in [-0.2, -0.15) is 0 Å². The Balaban J connectivity index is 1.99. The number of rotatable bonds is 3. The molecule has 0 spiro atoms. The maximum Gasteiger partial charge on any atom is 0.317 e. The maximum absolute atomic E-state index is 11.9. The smallest absolute Gasteiger partial charge is 0.317 e. The van der Waals surface area contributed by atoms with Crippen molar-refractivity contribution >= 4 is 17.6 Å². The van der Waals surface area contributed by atoms with Gasteiger partial charge in [-0.1, -0.05) is 23.7 Å². The third-order valence-electron chi connectivity index (χ3n) is 3.16. The van der Waals surface area contributed by atoms with Gasteiger partial charge in [0.2, 0.25) is 0 Å². The highest BCUT2D eigenvalue weighted by atomic mass is 35.5. The van der Waals surface area contributed by atoms with Crippen molar-refractivity contribution in [1.82, 2.24) is 10.2 Å². The van der Waals surface area contributed by atoms with Crippen LogP contribution in [0.5, 0.6) is 0 Å². The van der Waals surface area contributed by atoms with Gasteiger partial charge in [-0.3, -0.25) is 0 Å². The molecule has 0 aromatic heterocycles. The van der Waals surface area contributed by atoms with Crippen LogP contribution in [-0.4, -0.2) is 24.0 Å². The van der Waals surface area contributed by atoms with Crippen molar-refractivity contribution in [3.05, 3.63) is 34.9 Å². The van der Waals surface area contributed by atoms with Crippen LogP contribution >= 0.6 is 11.6 Å². The molecule has 0 bridgehead atoms. The van der Waals surface area contributed by atoms with E-state index in [0.717, 1.165) is 18.4 Å². The first-order valence-electron chi connectivity index (χ1n) is 5.86. The Morgan fingerprint density at radius 2 is 2.00 bits per heavy atom. The van der Waals surface area contributed by atoms with Crippen LogP contribution in [0.15, 0.2) is 24.3 Å². The third kappa shape index (κ3) is 3.13. The Hall–Kier alpha value is -1.22. The van der Waals surface area contributed by atoms with Crippen molar-refractivity contribution in [2.24, 2.45) is 0 Å². The average Bonchev–Trinajstić information content (AvgIpc) is 3.12. The highest BCUT2D eigenvalue weighted by molar-refractivity contribution is 6.30. The number of benzene rings is 1. The monoisotopic (exact) mass is 252 g/mol. The van der Waals surface area contributed by atoms with Gasteiger partial charge in [0.15, 0.2) is 0 Å². The Labute approximate surface area is 107 Å². The normalized spacial score (nSPS) is 16.4. The SMILES string of the molecule is CC(c1ccc(Cl)cc1)N(C)C(=O)NC1CC1. The van der Waals surface area contributed by atoms with Crippen LogP contribution in [0, 0.1) is 0 Å². The van der Waals surface area contributed by atoms with E-state index in [2.05, 4.69) is 5.32 Å². The van der Waals surface area contributed by atoms with E-state index in [4.69, 9.17) is 11.6 Å². The molecule has 3 nitrogen and oxygen atoms in total. The zero-order chi connectivity index (χ0) is 12.4. The zero-order valence-electron chi connectivity index (χ0n) is 10.1. The van der Waals surface area contributed by atoms with Crippen molar-refractivity contribution in [2.45, 2.75) is 31.8 Å². The summed E-state index contributed by atoms with van der Waals surface area (Å²) in [5.41, 5.74) is 1.09. The van der Waals surface area contributed by atoms with E-state index in [1.165, 1.54) is 0 Å². The van der Waals surface area contributed by atoms with Gasteiger partial charge in [-0.25, -0.2) is 4.79 Å². The molecule has 1 saturated carbocycles. The van der Waals surface area contributed by atoms with E-state index in [1.54, 1.807) is 4.90 Å². The summed E-state index contributed by atoms with van der Waals surface area (Å²) < 4.78 is 0. The largest absolute Gasteiger partial charge is 0.335 e. The number of hydrogen-bond acceptors (Lipinski definition) is 1. The standard InChI is InChI=1S/C13H17ClN2O/c1-9(10-3-5-11(14)6-4-10)16(2)13(17)15-12-7-8-12/h3-6,9,12H,7-8H2,1-2H3,(H,15,17). The first-order chi connectivity index (χ1) is 8.08. The quantitative estimate of drug-likeness (QED) is 0.880. The van der Waals surface area contributed by atoms with Crippen molar-refractivity contribution in [2.75, 3.05) is 7.05 Å². The third-order valence-corrected chi connectivity index (χ3v) is 3.41. The van der Waals surface area contributed by atoms with Crippen molar-refractivity contribution < 1.29 is 4.79 Å². The van der Waals surface area contributed by atoms with Gasteiger partial charge in [-0.15, -0.1) is 0 Å². The number of urea groups is 1. The summed E-state index contributed by atoms with van der Waals surface area (Å²) in [7, 11) is 1.82. The minimum Gasteiger partial charge on any atom is -0.335 e. The summed E-state index contributed by atoms with van der Waals surface area (Å²) in [5, 5.41) is 3.69. The van der Waals surface area contributed by atoms with Crippen LogP contribution in [0.25, 0.3) is 0 Å². The van der Waals surface area contributed by atoms with Crippen molar-refractivity contribution in [3.8, 4) is 0 Å². The fourth-order valence-corrected chi connectivity index (χ4v) is 1.77. The Bertz CT molecular complexity index is 400. The maximum atomic E-state index is 11.9. The highest BCUT2D eigenvalue weighted by Gasteiger charge is 2.26. The molecule has 17 heavy (non-hydrogen) atoms. The molecule has 0 heterocycles. The lowest BCUT2D eigenvalue weighted by Crippen LogP contribution is -2.39. The molecule has 1 aliphatic rings. The number of amides is 2. The van der Waals surface area contributed by atoms with Crippen molar-refractivity contribution in [1.29, 1.82) is 0 Å². The van der Waals surface area contributed by atoms with Crippen LogP contribution in [-0.2, 0) is 0 Å². The molecular weight excluding hydrogens is 236 g/mol. The van der Waals surface area contributed by atoms with Crippen LogP contribution < -0.4 is 5.32 Å². The number of carbonyl (C=O) groups excluding carboxylic acids is 1. The van der Waals surface area contributed by atoms with Crippen LogP contribution in [0.3, 0.4) is 0 Å². The van der Waals surface area contributed by atoms with Gasteiger partial charge in [0.1, 0.15) is 0 Å². The molecular formula is C13H17ClN2O. The van der Waals surface area contributed by atoms with Gasteiger partial charge in [0, 0.05) is 18.1 Å². The lowest BCUT2D eigenvalue weighted by atomic mass is 10.1. The lowest BCUT2D eigenvalue weighted by Gasteiger charge is -2.25. The van der Waals surface area contributed by atoms with Crippen LogP contribution in [0.1, 0.15) is 31.4 Å². The first kappa shape index (κ1) is 12.2. The Morgan fingerprint density at radius 1 is 1.41 bits per heavy atom. The van der Waals surface area contributed by atoms with Gasteiger partial charge in [0.05, 0.1) is 6.04 Å².